The lowest BCUT2D eigenvalue weighted by atomic mass is 9.69. The van der Waals surface area contributed by atoms with Gasteiger partial charge in [-0.15, -0.1) is 0 Å². The molecule has 5 nitrogen and oxygen atoms in total. The minimum Gasteiger partial charge on any atom is -0.313 e. The molecule has 2 aliphatic rings. The summed E-state index contributed by atoms with van der Waals surface area (Å²) in [5, 5.41) is 30.5. The lowest BCUT2D eigenvalue weighted by molar-refractivity contribution is 0.522. The highest BCUT2D eigenvalue weighted by Gasteiger charge is 2.35. The molecular formula is C58H39N5. The van der Waals surface area contributed by atoms with Gasteiger partial charge in [-0.2, -0.15) is 10.5 Å². The second-order valence-corrected chi connectivity index (χ2v) is 17.9. The van der Waals surface area contributed by atoms with Crippen molar-refractivity contribution in [3.8, 4) is 40.3 Å². The van der Waals surface area contributed by atoms with Gasteiger partial charge in [0, 0.05) is 43.9 Å². The molecule has 3 heterocycles. The third kappa shape index (κ3) is 4.85. The van der Waals surface area contributed by atoms with Gasteiger partial charge in [0.25, 0.3) is 0 Å². The molecule has 2 aliphatic carbocycles. The highest BCUT2D eigenvalue weighted by atomic mass is 15.0. The van der Waals surface area contributed by atoms with Crippen LogP contribution in [0.4, 0.5) is 0 Å². The number of fused-ring (bicyclic) bond motifs is 15. The Bertz CT molecular complexity index is 3940. The SMILES string of the molecule is CC1(C)Cc2ccccc2-c2ccc3c(c21)c1cc(-n2c4c(c5ccccc52)C=CCC4)ccc1n3-c1cc(C#N)c(-n2c3ccccc3c3c4ccccc4ccc32)cc1C#N. The molecule has 0 atom stereocenters. The fourth-order valence-electron chi connectivity index (χ4n) is 11.5. The number of para-hydroxylation sites is 2. The molecule has 0 fully saturated rings. The molecule has 5 heteroatoms. The molecule has 0 saturated carbocycles. The standard InChI is InChI=1S/C58H39N5/c1-58(2)32-36-14-4-5-15-40(36)44-25-28-52-56(57(44)58)46-31-39(61-47-20-10-7-17-42(47)43-18-8-11-21-48(43)61)24-27-50(46)63(52)54-30-37(33-59)53(29-38(54)34-60)62-49-22-12-9-19-45(49)55-41-16-6-3-13-35(41)23-26-51(55)62/h3-10,12-20,22-31H,11,21,32H2,1-2H3. The Balaban J connectivity index is 1.12. The topological polar surface area (TPSA) is 62.4 Å². The number of allylic oxidation sites excluding steroid dienone is 1. The van der Waals surface area contributed by atoms with Crippen LogP contribution in [0.1, 0.15) is 53.8 Å². The van der Waals surface area contributed by atoms with Crippen LogP contribution in [0.2, 0.25) is 0 Å². The molecule has 0 N–H and O–H groups in total. The Labute approximate surface area is 364 Å². The highest BCUT2D eigenvalue weighted by Crippen LogP contribution is 2.50. The molecule has 3 aromatic heterocycles. The van der Waals surface area contributed by atoms with E-state index in [9.17, 15) is 10.5 Å². The average Bonchev–Trinajstić information content (AvgIpc) is 3.96. The van der Waals surface area contributed by atoms with E-state index in [1.54, 1.807) is 0 Å². The van der Waals surface area contributed by atoms with E-state index in [1.165, 1.54) is 49.8 Å². The predicted octanol–water partition coefficient (Wildman–Crippen LogP) is 14.2. The van der Waals surface area contributed by atoms with Gasteiger partial charge in [-0.1, -0.05) is 123 Å². The largest absolute Gasteiger partial charge is 0.313 e. The Morgan fingerprint density at radius 3 is 1.92 bits per heavy atom. The monoisotopic (exact) mass is 805 g/mol. The number of aromatic nitrogens is 3. The van der Waals surface area contributed by atoms with Crippen molar-refractivity contribution in [3.05, 3.63) is 191 Å². The molecular weight excluding hydrogens is 767 g/mol. The van der Waals surface area contributed by atoms with Crippen LogP contribution in [0, 0.1) is 22.7 Å². The van der Waals surface area contributed by atoms with E-state index in [4.69, 9.17) is 0 Å². The zero-order chi connectivity index (χ0) is 42.1. The quantitative estimate of drug-likeness (QED) is 0.179. The van der Waals surface area contributed by atoms with Crippen molar-refractivity contribution in [3.63, 3.8) is 0 Å². The predicted molar refractivity (Wildman–Crippen MR) is 258 cm³/mol. The van der Waals surface area contributed by atoms with Gasteiger partial charge < -0.3 is 13.7 Å². The van der Waals surface area contributed by atoms with Crippen LogP contribution < -0.4 is 0 Å². The van der Waals surface area contributed by atoms with Crippen molar-refractivity contribution in [1.82, 2.24) is 13.7 Å². The number of hydrogen-bond acceptors (Lipinski definition) is 2. The second-order valence-electron chi connectivity index (χ2n) is 17.9. The number of nitrogens with zero attached hydrogens (tertiary/aromatic N) is 5. The first-order chi connectivity index (χ1) is 30.9. The molecule has 0 spiro atoms. The molecule has 11 aromatic rings. The van der Waals surface area contributed by atoms with Crippen molar-refractivity contribution in [2.24, 2.45) is 0 Å². The minimum atomic E-state index is -0.192. The maximum atomic E-state index is 11.2. The van der Waals surface area contributed by atoms with Crippen LogP contribution in [0.15, 0.2) is 158 Å². The molecule has 13 rings (SSSR count). The van der Waals surface area contributed by atoms with Gasteiger partial charge in [-0.3, -0.25) is 0 Å². The Morgan fingerprint density at radius 2 is 1.14 bits per heavy atom. The lowest BCUT2D eigenvalue weighted by Gasteiger charge is -2.35. The van der Waals surface area contributed by atoms with Crippen LogP contribution in [-0.2, 0) is 18.3 Å². The first-order valence-corrected chi connectivity index (χ1v) is 21.8. The third-order valence-corrected chi connectivity index (χ3v) is 14.0. The number of benzene rings is 8. The maximum absolute atomic E-state index is 11.2. The normalized spacial score (nSPS) is 14.0. The fraction of sp³-hybridized carbons (Fsp3) is 0.103. The zero-order valence-electron chi connectivity index (χ0n) is 34.9. The molecule has 0 amide bonds. The summed E-state index contributed by atoms with van der Waals surface area (Å²) in [4.78, 5) is 0. The molecule has 8 aromatic carbocycles. The first kappa shape index (κ1) is 35.6. The van der Waals surface area contributed by atoms with Crippen LogP contribution in [0.3, 0.4) is 0 Å². The Kier molecular flexibility index (Phi) is 7.32. The Morgan fingerprint density at radius 1 is 0.524 bits per heavy atom. The molecule has 63 heavy (non-hydrogen) atoms. The summed E-state index contributed by atoms with van der Waals surface area (Å²) in [6.07, 6.45) is 7.47. The fourth-order valence-corrected chi connectivity index (χ4v) is 11.5. The number of rotatable bonds is 3. The molecule has 0 aliphatic heterocycles. The van der Waals surface area contributed by atoms with Gasteiger partial charge in [-0.25, -0.2) is 0 Å². The summed E-state index contributed by atoms with van der Waals surface area (Å²) in [6.45, 7) is 4.74. The van der Waals surface area contributed by atoms with Crippen molar-refractivity contribution < 1.29 is 0 Å². The van der Waals surface area contributed by atoms with Gasteiger partial charge in [0.1, 0.15) is 12.1 Å². The summed E-state index contributed by atoms with van der Waals surface area (Å²) >= 11 is 0. The summed E-state index contributed by atoms with van der Waals surface area (Å²) < 4.78 is 6.89. The van der Waals surface area contributed by atoms with Crippen molar-refractivity contribution in [2.75, 3.05) is 0 Å². The lowest BCUT2D eigenvalue weighted by Crippen LogP contribution is -2.26. The molecule has 0 bridgehead atoms. The zero-order valence-corrected chi connectivity index (χ0v) is 34.9. The van der Waals surface area contributed by atoms with E-state index in [0.29, 0.717) is 22.5 Å². The molecule has 0 saturated heterocycles. The van der Waals surface area contributed by atoms with Crippen molar-refractivity contribution >= 4 is 71.4 Å². The molecule has 0 radical (unpaired) electrons. The first-order valence-electron chi connectivity index (χ1n) is 21.8. The highest BCUT2D eigenvalue weighted by molar-refractivity contribution is 6.21. The third-order valence-electron chi connectivity index (χ3n) is 14.0. The number of nitriles is 2. The summed E-state index contributed by atoms with van der Waals surface area (Å²) in [5.74, 6) is 0. The van der Waals surface area contributed by atoms with Gasteiger partial charge in [0.05, 0.1) is 50.1 Å². The van der Waals surface area contributed by atoms with Gasteiger partial charge in [0.2, 0.25) is 0 Å². The summed E-state index contributed by atoms with van der Waals surface area (Å²) in [5.41, 5.74) is 16.3. The maximum Gasteiger partial charge on any atom is 0.101 e. The number of hydrogen-bond donors (Lipinski definition) is 0. The Hall–Kier alpha value is -8.12. The second kappa shape index (κ2) is 12.9. The smallest absolute Gasteiger partial charge is 0.101 e. The van der Waals surface area contributed by atoms with E-state index in [1.807, 2.05) is 18.2 Å². The molecule has 296 valence electrons. The van der Waals surface area contributed by atoms with Crippen LogP contribution in [0.25, 0.3) is 99.6 Å². The van der Waals surface area contributed by atoms with Crippen LogP contribution in [-0.4, -0.2) is 13.7 Å². The van der Waals surface area contributed by atoms with Crippen molar-refractivity contribution in [1.29, 1.82) is 10.5 Å². The minimum absolute atomic E-state index is 0.192. The van der Waals surface area contributed by atoms with E-state index in [-0.39, 0.29) is 5.41 Å². The van der Waals surface area contributed by atoms with E-state index >= 15 is 0 Å². The van der Waals surface area contributed by atoms with Crippen LogP contribution in [0.5, 0.6) is 0 Å². The van der Waals surface area contributed by atoms with E-state index < -0.39 is 0 Å². The van der Waals surface area contributed by atoms with Gasteiger partial charge in [0.15, 0.2) is 0 Å². The van der Waals surface area contributed by atoms with E-state index in [0.717, 1.165) is 73.9 Å². The summed E-state index contributed by atoms with van der Waals surface area (Å²) in [6, 6.07) is 59.2. The molecule has 0 unspecified atom stereocenters. The van der Waals surface area contributed by atoms with Crippen molar-refractivity contribution in [2.45, 2.75) is 38.5 Å². The van der Waals surface area contributed by atoms with E-state index in [2.05, 4.69) is 185 Å². The van der Waals surface area contributed by atoms with Crippen LogP contribution >= 0.6 is 0 Å². The average molecular weight is 806 g/mol. The summed E-state index contributed by atoms with van der Waals surface area (Å²) in [7, 11) is 0. The van der Waals surface area contributed by atoms with Gasteiger partial charge in [-0.05, 0) is 112 Å². The van der Waals surface area contributed by atoms with Gasteiger partial charge >= 0.3 is 0 Å².